The standard InChI is InChI=1S/C25H26N4O2/c30-23(20-8-2-1-3-9-20)18-27-25(31)22-11-5-4-10-21(22)19-28-14-16-29(17-15-28)24-12-6-7-13-26-24/h1-13H,14-19H2,(H,27,31). The third-order valence-corrected chi connectivity index (χ3v) is 5.51. The molecule has 0 atom stereocenters. The lowest BCUT2D eigenvalue weighted by molar-refractivity contribution is 0.0902. The first-order chi connectivity index (χ1) is 15.2. The van der Waals surface area contributed by atoms with Gasteiger partial charge in [-0.2, -0.15) is 0 Å². The normalized spacial score (nSPS) is 14.3. The summed E-state index contributed by atoms with van der Waals surface area (Å²) in [5.41, 5.74) is 2.19. The van der Waals surface area contributed by atoms with Crippen molar-refractivity contribution in [2.45, 2.75) is 6.54 Å². The number of carbonyl (C=O) groups is 2. The topological polar surface area (TPSA) is 65.5 Å². The molecular formula is C25H26N4O2. The molecule has 1 fully saturated rings. The Morgan fingerprint density at radius 1 is 0.839 bits per heavy atom. The second-order valence-corrected chi connectivity index (χ2v) is 7.58. The van der Waals surface area contributed by atoms with E-state index in [0.29, 0.717) is 17.7 Å². The van der Waals surface area contributed by atoms with Crippen molar-refractivity contribution < 1.29 is 9.59 Å². The molecule has 1 aromatic heterocycles. The van der Waals surface area contributed by atoms with Crippen LogP contribution in [0.25, 0.3) is 0 Å². The van der Waals surface area contributed by atoms with Crippen molar-refractivity contribution in [3.05, 3.63) is 95.7 Å². The van der Waals surface area contributed by atoms with E-state index < -0.39 is 0 Å². The Morgan fingerprint density at radius 3 is 2.29 bits per heavy atom. The molecule has 4 rings (SSSR count). The van der Waals surface area contributed by atoms with Crippen LogP contribution < -0.4 is 10.2 Å². The number of hydrogen-bond acceptors (Lipinski definition) is 5. The van der Waals surface area contributed by atoms with Crippen molar-refractivity contribution in [2.75, 3.05) is 37.6 Å². The van der Waals surface area contributed by atoms with E-state index in [1.165, 1.54) is 0 Å². The summed E-state index contributed by atoms with van der Waals surface area (Å²) in [5, 5.41) is 2.78. The fraction of sp³-hybridized carbons (Fsp3) is 0.240. The van der Waals surface area contributed by atoms with E-state index in [4.69, 9.17) is 0 Å². The maximum atomic E-state index is 12.8. The van der Waals surface area contributed by atoms with Gasteiger partial charge in [-0.25, -0.2) is 4.98 Å². The molecule has 0 aliphatic carbocycles. The van der Waals surface area contributed by atoms with Gasteiger partial charge in [0.2, 0.25) is 0 Å². The van der Waals surface area contributed by atoms with E-state index in [1.807, 2.05) is 66.9 Å². The highest BCUT2D eigenvalue weighted by Gasteiger charge is 2.20. The second kappa shape index (κ2) is 10.00. The van der Waals surface area contributed by atoms with Gasteiger partial charge in [-0.15, -0.1) is 0 Å². The first kappa shape index (κ1) is 20.8. The predicted molar refractivity (Wildman–Crippen MR) is 121 cm³/mol. The Bertz CT molecular complexity index is 1020. The molecule has 0 spiro atoms. The smallest absolute Gasteiger partial charge is 0.251 e. The zero-order valence-corrected chi connectivity index (χ0v) is 17.4. The van der Waals surface area contributed by atoms with Crippen molar-refractivity contribution in [1.29, 1.82) is 0 Å². The van der Waals surface area contributed by atoms with Crippen molar-refractivity contribution in [3.8, 4) is 0 Å². The van der Waals surface area contributed by atoms with Gasteiger partial charge >= 0.3 is 0 Å². The van der Waals surface area contributed by atoms with Gasteiger partial charge in [0, 0.05) is 50.0 Å². The number of amides is 1. The quantitative estimate of drug-likeness (QED) is 0.602. The number of aromatic nitrogens is 1. The SMILES string of the molecule is O=C(CNC(=O)c1ccccc1CN1CCN(c2ccccn2)CC1)c1ccccc1. The summed E-state index contributed by atoms with van der Waals surface area (Å²) in [7, 11) is 0. The van der Waals surface area contributed by atoms with Gasteiger partial charge < -0.3 is 10.2 Å². The molecule has 1 saturated heterocycles. The van der Waals surface area contributed by atoms with Crippen LogP contribution >= 0.6 is 0 Å². The van der Waals surface area contributed by atoms with Crippen LogP contribution in [0.1, 0.15) is 26.3 Å². The zero-order chi connectivity index (χ0) is 21.5. The van der Waals surface area contributed by atoms with E-state index in [-0.39, 0.29) is 18.2 Å². The molecule has 0 unspecified atom stereocenters. The summed E-state index contributed by atoms with van der Waals surface area (Å²) < 4.78 is 0. The van der Waals surface area contributed by atoms with Crippen LogP contribution in [0, 0.1) is 0 Å². The first-order valence-corrected chi connectivity index (χ1v) is 10.5. The highest BCUT2D eigenvalue weighted by atomic mass is 16.2. The maximum absolute atomic E-state index is 12.8. The molecule has 1 N–H and O–H groups in total. The van der Waals surface area contributed by atoms with Gasteiger partial charge in [-0.3, -0.25) is 14.5 Å². The minimum Gasteiger partial charge on any atom is -0.354 e. The third-order valence-electron chi connectivity index (χ3n) is 5.51. The monoisotopic (exact) mass is 414 g/mol. The molecule has 0 radical (unpaired) electrons. The Hall–Kier alpha value is -3.51. The van der Waals surface area contributed by atoms with E-state index >= 15 is 0 Å². The molecule has 158 valence electrons. The van der Waals surface area contributed by atoms with Crippen LogP contribution in [0.4, 0.5) is 5.82 Å². The number of hydrogen-bond donors (Lipinski definition) is 1. The van der Waals surface area contributed by atoms with E-state index in [0.717, 1.165) is 37.6 Å². The molecule has 6 nitrogen and oxygen atoms in total. The number of ketones is 1. The van der Waals surface area contributed by atoms with Gasteiger partial charge in [-0.1, -0.05) is 54.6 Å². The maximum Gasteiger partial charge on any atom is 0.251 e. The van der Waals surface area contributed by atoms with Gasteiger partial charge in [0.15, 0.2) is 5.78 Å². The summed E-state index contributed by atoms with van der Waals surface area (Å²) in [6.07, 6.45) is 1.82. The lowest BCUT2D eigenvalue weighted by Crippen LogP contribution is -2.46. The Labute approximate surface area is 182 Å². The van der Waals surface area contributed by atoms with Crippen LogP contribution in [-0.2, 0) is 6.54 Å². The number of nitrogens with one attached hydrogen (secondary N) is 1. The summed E-state index contributed by atoms with van der Waals surface area (Å²) in [4.78, 5) is 34.1. The lowest BCUT2D eigenvalue weighted by atomic mass is 10.1. The fourth-order valence-electron chi connectivity index (χ4n) is 3.78. The Morgan fingerprint density at radius 2 is 1.55 bits per heavy atom. The average Bonchev–Trinajstić information content (AvgIpc) is 2.84. The molecule has 0 saturated carbocycles. The van der Waals surface area contributed by atoms with Crippen LogP contribution in [0.5, 0.6) is 0 Å². The molecule has 2 heterocycles. The molecule has 1 amide bonds. The molecular weight excluding hydrogens is 388 g/mol. The van der Waals surface area contributed by atoms with Gasteiger partial charge in [-0.05, 0) is 23.8 Å². The number of benzene rings is 2. The summed E-state index contributed by atoms with van der Waals surface area (Å²) in [5.74, 6) is 0.689. The number of Topliss-reactive ketones (excluding diaryl/α,β-unsaturated/α-hetero) is 1. The minimum absolute atomic E-state index is 0.0140. The lowest BCUT2D eigenvalue weighted by Gasteiger charge is -2.35. The van der Waals surface area contributed by atoms with E-state index in [1.54, 1.807) is 12.1 Å². The van der Waals surface area contributed by atoms with Crippen molar-refractivity contribution in [2.24, 2.45) is 0 Å². The van der Waals surface area contributed by atoms with E-state index in [9.17, 15) is 9.59 Å². The Kier molecular flexibility index (Phi) is 6.69. The van der Waals surface area contributed by atoms with Gasteiger partial charge in [0.25, 0.3) is 5.91 Å². The van der Waals surface area contributed by atoms with Crippen molar-refractivity contribution in [1.82, 2.24) is 15.2 Å². The summed E-state index contributed by atoms with van der Waals surface area (Å²) >= 11 is 0. The van der Waals surface area contributed by atoms with E-state index in [2.05, 4.69) is 20.1 Å². The van der Waals surface area contributed by atoms with Crippen LogP contribution in [0.2, 0.25) is 0 Å². The molecule has 6 heteroatoms. The molecule has 1 aliphatic rings. The Balaban J connectivity index is 1.34. The highest BCUT2D eigenvalue weighted by molar-refractivity contribution is 6.02. The molecule has 1 aliphatic heterocycles. The van der Waals surface area contributed by atoms with Crippen LogP contribution in [-0.4, -0.2) is 54.3 Å². The van der Waals surface area contributed by atoms with Gasteiger partial charge in [0.1, 0.15) is 5.82 Å². The first-order valence-electron chi connectivity index (χ1n) is 10.5. The second-order valence-electron chi connectivity index (χ2n) is 7.58. The molecule has 31 heavy (non-hydrogen) atoms. The summed E-state index contributed by atoms with van der Waals surface area (Å²) in [6.45, 7) is 4.29. The summed E-state index contributed by atoms with van der Waals surface area (Å²) in [6, 6.07) is 22.6. The third kappa shape index (κ3) is 5.35. The fourth-order valence-corrected chi connectivity index (χ4v) is 3.78. The number of carbonyl (C=O) groups excluding carboxylic acids is 2. The molecule has 2 aromatic carbocycles. The molecule has 0 bridgehead atoms. The minimum atomic E-state index is -0.216. The van der Waals surface area contributed by atoms with Crippen molar-refractivity contribution in [3.63, 3.8) is 0 Å². The average molecular weight is 415 g/mol. The number of anilines is 1. The number of piperazine rings is 1. The number of rotatable bonds is 7. The van der Waals surface area contributed by atoms with Crippen molar-refractivity contribution >= 4 is 17.5 Å². The van der Waals surface area contributed by atoms with Crippen LogP contribution in [0.3, 0.4) is 0 Å². The largest absolute Gasteiger partial charge is 0.354 e. The van der Waals surface area contributed by atoms with Crippen LogP contribution in [0.15, 0.2) is 79.0 Å². The number of nitrogens with zero attached hydrogens (tertiary/aromatic N) is 3. The predicted octanol–water partition coefficient (Wildman–Crippen LogP) is 3.02. The molecule has 3 aromatic rings. The van der Waals surface area contributed by atoms with Gasteiger partial charge in [0.05, 0.1) is 6.54 Å². The number of pyridine rings is 1. The highest BCUT2D eigenvalue weighted by Crippen LogP contribution is 2.16. The zero-order valence-electron chi connectivity index (χ0n) is 17.4.